The molecular formula is C6H16O6P2. The molecule has 0 fully saturated rings. The van der Waals surface area contributed by atoms with E-state index in [4.69, 9.17) is 19.2 Å². The fourth-order valence-corrected chi connectivity index (χ4v) is 3.71. The Hall–Kier alpha value is 0.300. The second-order valence-electron chi connectivity index (χ2n) is 3.65. The summed E-state index contributed by atoms with van der Waals surface area (Å²) >= 11 is 0. The van der Waals surface area contributed by atoms with Crippen molar-refractivity contribution < 1.29 is 28.3 Å². The zero-order valence-corrected chi connectivity index (χ0v) is 10.2. The Morgan fingerprint density at radius 3 is 1.93 bits per heavy atom. The van der Waals surface area contributed by atoms with Gasteiger partial charge in [0.1, 0.15) is 0 Å². The molecule has 6 nitrogen and oxygen atoms in total. The van der Waals surface area contributed by atoms with E-state index in [-0.39, 0.29) is 0 Å². The first-order valence-corrected chi connectivity index (χ1v) is 7.61. The summed E-state index contributed by atoms with van der Waals surface area (Å²) in [4.78, 5) is 26.2. The highest BCUT2D eigenvalue weighted by Crippen LogP contribution is 2.57. The summed E-state index contributed by atoms with van der Waals surface area (Å²) in [7, 11) is -8.74. The summed E-state index contributed by atoms with van der Waals surface area (Å²) in [5, 5.41) is 0. The number of rotatable bonds is 5. The maximum Gasteiger partial charge on any atom is 0.340 e. The highest BCUT2D eigenvalue weighted by molar-refractivity contribution is 7.70. The van der Waals surface area contributed by atoms with Crippen molar-refractivity contribution in [2.75, 3.05) is 5.90 Å². The molecule has 0 aliphatic carbocycles. The van der Waals surface area contributed by atoms with Crippen LogP contribution in [0.2, 0.25) is 0 Å². The molecular weight excluding hydrogens is 230 g/mol. The van der Waals surface area contributed by atoms with E-state index in [1.807, 2.05) is 0 Å². The van der Waals surface area contributed by atoms with Crippen LogP contribution in [0.5, 0.6) is 0 Å². The summed E-state index contributed by atoms with van der Waals surface area (Å²) in [6, 6.07) is 0. The Balaban J connectivity index is 4.51. The van der Waals surface area contributed by atoms with Crippen LogP contribution in [0.4, 0.5) is 0 Å². The third-order valence-corrected chi connectivity index (χ3v) is 5.29. The van der Waals surface area contributed by atoms with Gasteiger partial charge in [-0.3, -0.25) is 9.13 Å². The molecule has 0 spiro atoms. The maximum atomic E-state index is 11.2. The lowest BCUT2D eigenvalue weighted by Crippen LogP contribution is -2.22. The van der Waals surface area contributed by atoms with E-state index in [1.54, 1.807) is 20.8 Å². The van der Waals surface area contributed by atoms with Crippen molar-refractivity contribution in [1.82, 2.24) is 0 Å². The van der Waals surface area contributed by atoms with Crippen molar-refractivity contribution >= 4 is 15.2 Å². The van der Waals surface area contributed by atoms with Crippen molar-refractivity contribution in [3.8, 4) is 0 Å². The van der Waals surface area contributed by atoms with Gasteiger partial charge in [-0.15, -0.1) is 0 Å². The zero-order valence-electron chi connectivity index (χ0n) is 8.38. The normalized spacial score (nSPS) is 17.9. The Morgan fingerprint density at radius 1 is 1.21 bits per heavy atom. The van der Waals surface area contributed by atoms with Gasteiger partial charge < -0.3 is 19.2 Å². The van der Waals surface area contributed by atoms with Gasteiger partial charge in [0.15, 0.2) is 5.90 Å². The van der Waals surface area contributed by atoms with Crippen LogP contribution in [0.3, 0.4) is 0 Å². The molecule has 0 aromatic heterocycles. The average Bonchev–Trinajstić information content (AvgIpc) is 1.78. The van der Waals surface area contributed by atoms with Gasteiger partial charge >= 0.3 is 15.2 Å². The van der Waals surface area contributed by atoms with E-state index in [0.29, 0.717) is 6.42 Å². The third-order valence-electron chi connectivity index (χ3n) is 1.60. The molecule has 86 valence electrons. The van der Waals surface area contributed by atoms with Crippen LogP contribution in [-0.2, 0) is 13.7 Å². The van der Waals surface area contributed by atoms with Crippen molar-refractivity contribution in [3.63, 3.8) is 0 Å². The van der Waals surface area contributed by atoms with Gasteiger partial charge in [-0.25, -0.2) is 0 Å². The van der Waals surface area contributed by atoms with Crippen LogP contribution in [0.25, 0.3) is 0 Å². The smallest absolute Gasteiger partial charge is 0.324 e. The molecule has 0 saturated heterocycles. The van der Waals surface area contributed by atoms with E-state index >= 15 is 0 Å². The van der Waals surface area contributed by atoms with Crippen LogP contribution in [0.1, 0.15) is 27.2 Å². The Morgan fingerprint density at radius 2 is 1.64 bits per heavy atom. The second kappa shape index (κ2) is 4.44. The van der Waals surface area contributed by atoms with E-state index < -0.39 is 26.7 Å². The lowest BCUT2D eigenvalue weighted by molar-refractivity contribution is 0.0897. The van der Waals surface area contributed by atoms with Crippen LogP contribution < -0.4 is 0 Å². The minimum absolute atomic E-state index is 0.471. The molecule has 3 N–H and O–H groups in total. The Labute approximate surface area is 83.0 Å². The first-order valence-electron chi connectivity index (χ1n) is 4.04. The second-order valence-corrected chi connectivity index (χ2v) is 7.57. The summed E-state index contributed by atoms with van der Waals surface area (Å²) in [5.41, 5.74) is -0.862. The van der Waals surface area contributed by atoms with Gasteiger partial charge in [-0.1, -0.05) is 6.92 Å². The molecule has 0 aliphatic heterocycles. The summed E-state index contributed by atoms with van der Waals surface area (Å²) < 4.78 is 26.5. The lowest BCUT2D eigenvalue weighted by atomic mass is 10.1. The molecule has 0 aromatic carbocycles. The quantitative estimate of drug-likeness (QED) is 0.635. The predicted octanol–water partition coefficient (Wildman–Crippen LogP) is 1.51. The van der Waals surface area contributed by atoms with Gasteiger partial charge in [-0.2, -0.15) is 0 Å². The third kappa shape index (κ3) is 6.71. The Kier molecular flexibility index (Phi) is 4.53. The molecule has 8 heteroatoms. The van der Waals surface area contributed by atoms with Crippen LogP contribution in [-0.4, -0.2) is 26.2 Å². The SMILES string of the molecule is CCC(C)(C)OP(=O)(O)CP(=O)(O)O. The summed E-state index contributed by atoms with van der Waals surface area (Å²) in [6.45, 7) is 4.91. The highest BCUT2D eigenvalue weighted by Gasteiger charge is 2.35. The van der Waals surface area contributed by atoms with Crippen molar-refractivity contribution in [2.45, 2.75) is 32.8 Å². The molecule has 0 rings (SSSR count). The van der Waals surface area contributed by atoms with Crippen LogP contribution >= 0.6 is 15.2 Å². The summed E-state index contributed by atoms with van der Waals surface area (Å²) in [5.74, 6) is -1.14. The minimum Gasteiger partial charge on any atom is -0.324 e. The predicted molar refractivity (Wildman–Crippen MR) is 52.2 cm³/mol. The fraction of sp³-hybridized carbons (Fsp3) is 1.00. The molecule has 1 atom stereocenters. The summed E-state index contributed by atoms with van der Waals surface area (Å²) in [6.07, 6.45) is 0.471. The van der Waals surface area contributed by atoms with Crippen molar-refractivity contribution in [2.24, 2.45) is 0 Å². The lowest BCUT2D eigenvalue weighted by Gasteiger charge is -2.26. The molecule has 14 heavy (non-hydrogen) atoms. The molecule has 0 bridgehead atoms. The standard InChI is InChI=1S/C6H16O6P2/c1-4-6(2,3)12-14(10,11)5-13(7,8)9/h4-5H2,1-3H3,(H,10,11)(H2,7,8,9). The fourth-order valence-electron chi connectivity index (χ4n) is 0.712. The van der Waals surface area contributed by atoms with Crippen LogP contribution in [0, 0.1) is 0 Å². The molecule has 0 saturated carbocycles. The van der Waals surface area contributed by atoms with Crippen molar-refractivity contribution in [3.05, 3.63) is 0 Å². The molecule has 0 aromatic rings. The number of hydrogen-bond acceptors (Lipinski definition) is 3. The molecule has 0 radical (unpaired) electrons. The maximum absolute atomic E-state index is 11.2. The molecule has 1 unspecified atom stereocenters. The molecule has 0 amide bonds. The molecule has 0 heterocycles. The average molecular weight is 246 g/mol. The van der Waals surface area contributed by atoms with E-state index in [1.165, 1.54) is 0 Å². The Bertz CT molecular complexity index is 280. The highest BCUT2D eigenvalue weighted by atomic mass is 31.2. The van der Waals surface area contributed by atoms with Crippen molar-refractivity contribution in [1.29, 1.82) is 0 Å². The first kappa shape index (κ1) is 14.3. The molecule has 0 aliphatic rings. The van der Waals surface area contributed by atoms with E-state index in [0.717, 1.165) is 0 Å². The van der Waals surface area contributed by atoms with Gasteiger partial charge in [0.2, 0.25) is 0 Å². The number of hydrogen-bond donors (Lipinski definition) is 3. The largest absolute Gasteiger partial charge is 0.340 e. The first-order chi connectivity index (χ1) is 5.97. The van der Waals surface area contributed by atoms with Crippen LogP contribution in [0.15, 0.2) is 0 Å². The van der Waals surface area contributed by atoms with Gasteiger partial charge in [0.05, 0.1) is 5.60 Å². The van der Waals surface area contributed by atoms with E-state index in [9.17, 15) is 9.13 Å². The van der Waals surface area contributed by atoms with Gasteiger partial charge in [0.25, 0.3) is 0 Å². The topological polar surface area (TPSA) is 104 Å². The zero-order chi connectivity index (χ0) is 11.6. The monoisotopic (exact) mass is 246 g/mol. The van der Waals surface area contributed by atoms with Gasteiger partial charge in [-0.05, 0) is 20.3 Å². The van der Waals surface area contributed by atoms with Gasteiger partial charge in [0, 0.05) is 0 Å². The minimum atomic E-state index is -4.52. The van der Waals surface area contributed by atoms with E-state index in [2.05, 4.69) is 0 Å².